The maximum Gasteiger partial charge on any atom is 0.191 e. The molecule has 0 unspecified atom stereocenters. The zero-order chi connectivity index (χ0) is 17.5. The van der Waals surface area contributed by atoms with Gasteiger partial charge in [0.05, 0.1) is 19.8 Å². The summed E-state index contributed by atoms with van der Waals surface area (Å²) in [7, 11) is 6.67. The Morgan fingerprint density at radius 1 is 1.13 bits per heavy atom. The molecule has 0 aliphatic rings. The molecule has 0 amide bonds. The number of aliphatic imine (C=N–C) groups is 1. The van der Waals surface area contributed by atoms with E-state index < -0.39 is 0 Å². The van der Waals surface area contributed by atoms with Gasteiger partial charge >= 0.3 is 0 Å². The normalized spacial score (nSPS) is 12.0. The molecule has 0 aliphatic heterocycles. The van der Waals surface area contributed by atoms with Crippen LogP contribution in [-0.2, 0) is 11.3 Å². The Morgan fingerprint density at radius 2 is 1.74 bits per heavy atom. The Balaban J connectivity index is 2.73. The quantitative estimate of drug-likeness (QED) is 0.555. The summed E-state index contributed by atoms with van der Waals surface area (Å²) in [6, 6.07) is 3.82. The first-order valence-electron chi connectivity index (χ1n) is 7.27. The number of ether oxygens (including phenoxy) is 3. The zero-order valence-electron chi connectivity index (χ0n) is 14.6. The number of rotatable bonds is 7. The minimum atomic E-state index is -0.262. The second-order valence-corrected chi connectivity index (χ2v) is 6.40. The molecule has 1 aromatic rings. The van der Waals surface area contributed by atoms with Crippen molar-refractivity contribution in [2.45, 2.75) is 26.0 Å². The molecule has 0 spiro atoms. The number of nitrogens with one attached hydrogen (secondary N) is 2. The van der Waals surface area contributed by atoms with Crippen LogP contribution in [-0.4, -0.2) is 46.5 Å². The predicted octanol–water partition coefficient (Wildman–Crippen LogP) is 2.56. The Hall–Kier alpha value is -1.47. The molecule has 23 heavy (non-hydrogen) atoms. The second kappa shape index (κ2) is 8.98. The Bertz CT molecular complexity index is 548. The third-order valence-corrected chi connectivity index (χ3v) is 4.19. The topological polar surface area (TPSA) is 64.1 Å². The van der Waals surface area contributed by atoms with Crippen molar-refractivity contribution in [3.63, 3.8) is 0 Å². The van der Waals surface area contributed by atoms with Crippen LogP contribution >= 0.6 is 15.9 Å². The molecule has 1 aromatic carbocycles. The van der Waals surface area contributed by atoms with E-state index >= 15 is 0 Å². The van der Waals surface area contributed by atoms with Gasteiger partial charge in [-0.2, -0.15) is 0 Å². The van der Waals surface area contributed by atoms with Gasteiger partial charge in [0.15, 0.2) is 17.5 Å². The molecule has 0 saturated carbocycles. The molecule has 0 atom stereocenters. The number of halogens is 1. The molecule has 0 bridgehead atoms. The fourth-order valence-electron chi connectivity index (χ4n) is 1.80. The highest BCUT2D eigenvalue weighted by Crippen LogP contribution is 2.33. The third-order valence-electron chi connectivity index (χ3n) is 3.46. The number of hydrogen-bond acceptors (Lipinski definition) is 4. The van der Waals surface area contributed by atoms with E-state index in [0.29, 0.717) is 30.5 Å². The van der Waals surface area contributed by atoms with Crippen LogP contribution < -0.4 is 20.1 Å². The van der Waals surface area contributed by atoms with Crippen LogP contribution in [0.25, 0.3) is 0 Å². The highest BCUT2D eigenvalue weighted by molar-refractivity contribution is 9.10. The van der Waals surface area contributed by atoms with Gasteiger partial charge in [0, 0.05) is 31.7 Å². The fourth-order valence-corrected chi connectivity index (χ4v) is 2.26. The molecule has 6 nitrogen and oxygen atoms in total. The van der Waals surface area contributed by atoms with Gasteiger partial charge in [-0.15, -0.1) is 0 Å². The summed E-state index contributed by atoms with van der Waals surface area (Å²) in [6.07, 6.45) is 0. The fraction of sp³-hybridized carbons (Fsp3) is 0.562. The van der Waals surface area contributed by atoms with Crippen molar-refractivity contribution < 1.29 is 14.2 Å². The lowest BCUT2D eigenvalue weighted by atomic mass is 10.1. The Kier molecular flexibility index (Phi) is 7.64. The first-order chi connectivity index (χ1) is 10.9. The van der Waals surface area contributed by atoms with Crippen molar-refractivity contribution in [2.24, 2.45) is 4.99 Å². The lowest BCUT2D eigenvalue weighted by molar-refractivity contribution is 0.0268. The van der Waals surface area contributed by atoms with Gasteiger partial charge in [-0.3, -0.25) is 4.99 Å². The molecule has 2 N–H and O–H groups in total. The largest absolute Gasteiger partial charge is 0.493 e. The summed E-state index contributed by atoms with van der Waals surface area (Å²) < 4.78 is 16.9. The van der Waals surface area contributed by atoms with Gasteiger partial charge in [0.1, 0.15) is 0 Å². The van der Waals surface area contributed by atoms with Crippen molar-refractivity contribution in [3.05, 3.63) is 22.2 Å². The van der Waals surface area contributed by atoms with Crippen LogP contribution in [0.3, 0.4) is 0 Å². The van der Waals surface area contributed by atoms with Crippen molar-refractivity contribution in [1.82, 2.24) is 10.6 Å². The van der Waals surface area contributed by atoms with E-state index in [-0.39, 0.29) is 5.60 Å². The highest BCUT2D eigenvalue weighted by atomic mass is 79.9. The van der Waals surface area contributed by atoms with Crippen LogP contribution in [0.5, 0.6) is 11.5 Å². The number of hydrogen-bond donors (Lipinski definition) is 2. The summed E-state index contributed by atoms with van der Waals surface area (Å²) in [5.41, 5.74) is 0.776. The Morgan fingerprint density at radius 3 is 2.26 bits per heavy atom. The van der Waals surface area contributed by atoms with Crippen molar-refractivity contribution in [3.8, 4) is 11.5 Å². The van der Waals surface area contributed by atoms with Crippen molar-refractivity contribution in [2.75, 3.05) is 34.9 Å². The summed E-state index contributed by atoms with van der Waals surface area (Å²) in [4.78, 5) is 4.21. The summed E-state index contributed by atoms with van der Waals surface area (Å²) in [6.45, 7) is 5.26. The average Bonchev–Trinajstić information content (AvgIpc) is 2.55. The van der Waals surface area contributed by atoms with E-state index in [2.05, 4.69) is 31.6 Å². The van der Waals surface area contributed by atoms with Crippen LogP contribution in [0, 0.1) is 0 Å². The molecule has 0 saturated heterocycles. The number of benzene rings is 1. The van der Waals surface area contributed by atoms with Gasteiger partial charge in [0.25, 0.3) is 0 Å². The van der Waals surface area contributed by atoms with Crippen LogP contribution in [0.2, 0.25) is 0 Å². The molecule has 0 heterocycles. The standard InChI is InChI=1S/C16H26BrN3O3/c1-16(2,23-6)10-20-15(18-3)19-9-11-7-13(21-4)14(22-5)8-12(11)17/h7-8H,9-10H2,1-6H3,(H2,18,19,20). The van der Waals surface area contributed by atoms with Crippen LogP contribution in [0.1, 0.15) is 19.4 Å². The monoisotopic (exact) mass is 387 g/mol. The smallest absolute Gasteiger partial charge is 0.191 e. The second-order valence-electron chi connectivity index (χ2n) is 5.54. The van der Waals surface area contributed by atoms with Gasteiger partial charge in [-0.1, -0.05) is 15.9 Å². The first kappa shape index (κ1) is 19.6. The Labute approximate surface area is 146 Å². The molecule has 0 radical (unpaired) electrons. The number of guanidine groups is 1. The van der Waals surface area contributed by atoms with Crippen LogP contribution in [0.15, 0.2) is 21.6 Å². The molecule has 1 rings (SSSR count). The maximum atomic E-state index is 5.39. The van der Waals surface area contributed by atoms with Gasteiger partial charge in [-0.05, 0) is 31.5 Å². The zero-order valence-corrected chi connectivity index (χ0v) is 16.2. The van der Waals surface area contributed by atoms with E-state index in [4.69, 9.17) is 14.2 Å². The molecule has 0 fully saturated rings. The summed E-state index contributed by atoms with van der Waals surface area (Å²) in [5.74, 6) is 2.08. The van der Waals surface area contributed by atoms with Crippen molar-refractivity contribution in [1.29, 1.82) is 0 Å². The van der Waals surface area contributed by atoms with Gasteiger partial charge in [0.2, 0.25) is 0 Å². The molecule has 7 heteroatoms. The van der Waals surface area contributed by atoms with E-state index in [0.717, 1.165) is 10.0 Å². The highest BCUT2D eigenvalue weighted by Gasteiger charge is 2.16. The van der Waals surface area contributed by atoms with Gasteiger partial charge < -0.3 is 24.8 Å². The van der Waals surface area contributed by atoms with Crippen molar-refractivity contribution >= 4 is 21.9 Å². The lowest BCUT2D eigenvalue weighted by Crippen LogP contribution is -2.45. The maximum absolute atomic E-state index is 5.39. The lowest BCUT2D eigenvalue weighted by Gasteiger charge is -2.24. The van der Waals surface area contributed by atoms with Gasteiger partial charge in [-0.25, -0.2) is 0 Å². The average molecular weight is 388 g/mol. The molecule has 0 aromatic heterocycles. The minimum Gasteiger partial charge on any atom is -0.493 e. The predicted molar refractivity (Wildman–Crippen MR) is 96.5 cm³/mol. The van der Waals surface area contributed by atoms with E-state index in [1.54, 1.807) is 28.4 Å². The number of methoxy groups -OCH3 is 3. The van der Waals surface area contributed by atoms with Crippen LogP contribution in [0.4, 0.5) is 0 Å². The van der Waals surface area contributed by atoms with E-state index in [9.17, 15) is 0 Å². The molecule has 130 valence electrons. The molecular formula is C16H26BrN3O3. The first-order valence-corrected chi connectivity index (χ1v) is 8.06. The summed E-state index contributed by atoms with van der Waals surface area (Å²) >= 11 is 3.55. The minimum absolute atomic E-state index is 0.262. The SMILES string of the molecule is CN=C(NCc1cc(OC)c(OC)cc1Br)NCC(C)(C)OC. The number of nitrogens with zero attached hydrogens (tertiary/aromatic N) is 1. The molecule has 0 aliphatic carbocycles. The van der Waals surface area contributed by atoms with E-state index in [1.807, 2.05) is 26.0 Å². The third kappa shape index (κ3) is 5.91. The molecular weight excluding hydrogens is 362 g/mol. The van der Waals surface area contributed by atoms with E-state index in [1.165, 1.54) is 0 Å². The summed E-state index contributed by atoms with van der Waals surface area (Å²) in [5, 5.41) is 6.51.